The van der Waals surface area contributed by atoms with Gasteiger partial charge in [0.05, 0.1) is 7.11 Å². The fourth-order valence-electron chi connectivity index (χ4n) is 1.49. The van der Waals surface area contributed by atoms with Crippen LogP contribution in [0, 0.1) is 0 Å². The van der Waals surface area contributed by atoms with Gasteiger partial charge in [-0.3, -0.25) is 4.79 Å². The fraction of sp³-hybridized carbons (Fsp3) is 0.583. The lowest BCUT2D eigenvalue weighted by molar-refractivity contribution is -0.148. The van der Waals surface area contributed by atoms with Crippen molar-refractivity contribution in [3.8, 4) is 0 Å². The summed E-state index contributed by atoms with van der Waals surface area (Å²) < 4.78 is 9.05. The highest BCUT2D eigenvalue weighted by Crippen LogP contribution is 2.26. The minimum absolute atomic E-state index is 0.209. The van der Waals surface area contributed by atoms with Crippen molar-refractivity contribution < 1.29 is 23.9 Å². The maximum absolute atomic E-state index is 11.7. The lowest BCUT2D eigenvalue weighted by Gasteiger charge is -2.19. The third kappa shape index (κ3) is 4.57. The Morgan fingerprint density at radius 2 is 1.83 bits per heavy atom. The Kier molecular flexibility index (Phi) is 5.35. The summed E-state index contributed by atoms with van der Waals surface area (Å²) in [6.07, 6.45) is 3.91. The number of esters is 2. The van der Waals surface area contributed by atoms with E-state index < -0.39 is 11.9 Å². The van der Waals surface area contributed by atoms with Crippen LogP contribution in [0.4, 0.5) is 0 Å². The average Bonchev–Trinajstić information content (AvgIpc) is 3.18. The molecule has 6 nitrogen and oxygen atoms in total. The first-order valence-corrected chi connectivity index (χ1v) is 5.80. The molecule has 0 saturated heterocycles. The number of hydrogen-bond acceptors (Lipinski definition) is 5. The van der Waals surface area contributed by atoms with Crippen molar-refractivity contribution >= 4 is 17.8 Å². The van der Waals surface area contributed by atoms with E-state index in [-0.39, 0.29) is 12.5 Å². The summed E-state index contributed by atoms with van der Waals surface area (Å²) in [7, 11) is 1.20. The molecule has 1 aliphatic carbocycles. The molecular weight excluding hydrogens is 238 g/mol. The summed E-state index contributed by atoms with van der Waals surface area (Å²) in [5.74, 6) is -1.59. The number of amides is 1. The van der Waals surface area contributed by atoms with Crippen LogP contribution in [-0.4, -0.2) is 49.0 Å². The second-order valence-electron chi connectivity index (χ2n) is 3.88. The molecule has 6 heteroatoms. The van der Waals surface area contributed by atoms with Gasteiger partial charge < -0.3 is 14.4 Å². The van der Waals surface area contributed by atoms with E-state index in [2.05, 4.69) is 4.74 Å². The van der Waals surface area contributed by atoms with Crippen LogP contribution in [0.15, 0.2) is 12.2 Å². The molecule has 1 fully saturated rings. The molecule has 1 amide bonds. The molecule has 1 aliphatic rings. The van der Waals surface area contributed by atoms with Crippen molar-refractivity contribution in [2.75, 3.05) is 20.3 Å². The number of carbonyl (C=O) groups is 3. The van der Waals surface area contributed by atoms with Crippen LogP contribution in [-0.2, 0) is 23.9 Å². The predicted octanol–water partition coefficient (Wildman–Crippen LogP) is 0.270. The summed E-state index contributed by atoms with van der Waals surface area (Å²) in [6.45, 7) is 2.20. The summed E-state index contributed by atoms with van der Waals surface area (Å²) in [5.41, 5.74) is 0. The van der Waals surface area contributed by atoms with E-state index >= 15 is 0 Å². The number of nitrogens with zero attached hydrogens (tertiary/aromatic N) is 1. The Hall–Kier alpha value is -1.85. The number of rotatable bonds is 6. The predicted molar refractivity (Wildman–Crippen MR) is 62.5 cm³/mol. The summed E-state index contributed by atoms with van der Waals surface area (Å²) in [5, 5.41) is 0. The van der Waals surface area contributed by atoms with Crippen LogP contribution >= 0.6 is 0 Å². The Bertz CT molecular complexity index is 359. The molecule has 18 heavy (non-hydrogen) atoms. The lowest BCUT2D eigenvalue weighted by Crippen LogP contribution is -2.36. The van der Waals surface area contributed by atoms with Crippen molar-refractivity contribution in [1.29, 1.82) is 0 Å². The van der Waals surface area contributed by atoms with Crippen molar-refractivity contribution in [2.24, 2.45) is 0 Å². The first-order chi connectivity index (χ1) is 8.58. The zero-order chi connectivity index (χ0) is 13.5. The van der Waals surface area contributed by atoms with Crippen LogP contribution in [0.3, 0.4) is 0 Å². The Morgan fingerprint density at radius 1 is 1.22 bits per heavy atom. The van der Waals surface area contributed by atoms with E-state index in [1.54, 1.807) is 4.90 Å². The van der Waals surface area contributed by atoms with Crippen molar-refractivity contribution in [1.82, 2.24) is 4.90 Å². The zero-order valence-electron chi connectivity index (χ0n) is 10.5. The van der Waals surface area contributed by atoms with Gasteiger partial charge in [0.1, 0.15) is 0 Å². The van der Waals surface area contributed by atoms with Crippen LogP contribution in [0.2, 0.25) is 0 Å². The molecule has 0 bridgehead atoms. The van der Waals surface area contributed by atoms with Gasteiger partial charge in [-0.1, -0.05) is 0 Å². The molecule has 1 saturated carbocycles. The van der Waals surface area contributed by atoms with E-state index in [1.165, 1.54) is 7.11 Å². The van der Waals surface area contributed by atoms with Crippen molar-refractivity contribution in [3.05, 3.63) is 12.2 Å². The second kappa shape index (κ2) is 6.78. The fourth-order valence-corrected chi connectivity index (χ4v) is 1.49. The number of methoxy groups -OCH3 is 1. The van der Waals surface area contributed by atoms with E-state index in [9.17, 15) is 14.4 Å². The molecular formula is C12H17NO5. The normalized spacial score (nSPS) is 14.3. The van der Waals surface area contributed by atoms with Gasteiger partial charge in [-0.2, -0.15) is 0 Å². The summed E-state index contributed by atoms with van der Waals surface area (Å²) in [4.78, 5) is 35.3. The highest BCUT2D eigenvalue weighted by Gasteiger charge is 2.31. The monoisotopic (exact) mass is 255 g/mol. The molecule has 0 aromatic rings. The second-order valence-corrected chi connectivity index (χ2v) is 3.88. The first kappa shape index (κ1) is 14.2. The van der Waals surface area contributed by atoms with Gasteiger partial charge in [-0.25, -0.2) is 9.59 Å². The van der Waals surface area contributed by atoms with Crippen LogP contribution in [0.25, 0.3) is 0 Å². The summed E-state index contributed by atoms with van der Waals surface area (Å²) in [6, 6.07) is 0.298. The SMILES string of the molecule is CCN(C(=O)COC(=O)/C=C/C(=O)OC)C1CC1. The smallest absolute Gasteiger partial charge is 0.331 e. The van der Waals surface area contributed by atoms with E-state index in [4.69, 9.17) is 4.74 Å². The zero-order valence-corrected chi connectivity index (χ0v) is 10.5. The van der Waals surface area contributed by atoms with E-state index in [0.29, 0.717) is 12.6 Å². The third-order valence-electron chi connectivity index (χ3n) is 2.54. The number of likely N-dealkylation sites (N-methyl/N-ethyl adjacent to an activating group) is 1. The maximum Gasteiger partial charge on any atom is 0.331 e. The van der Waals surface area contributed by atoms with E-state index in [0.717, 1.165) is 25.0 Å². The highest BCUT2D eigenvalue weighted by molar-refractivity contribution is 5.92. The molecule has 0 atom stereocenters. The standard InChI is InChI=1S/C12H17NO5/c1-3-13(9-4-5-9)10(14)8-18-12(16)7-6-11(15)17-2/h6-7,9H,3-5,8H2,1-2H3/b7-6+. The molecule has 1 rings (SSSR count). The van der Waals surface area contributed by atoms with Crippen molar-refractivity contribution in [3.63, 3.8) is 0 Å². The Morgan fingerprint density at radius 3 is 2.33 bits per heavy atom. The van der Waals surface area contributed by atoms with Crippen LogP contribution < -0.4 is 0 Å². The molecule has 100 valence electrons. The van der Waals surface area contributed by atoms with Gasteiger partial charge in [0.2, 0.25) is 0 Å². The number of hydrogen-bond donors (Lipinski definition) is 0. The molecule has 0 aromatic carbocycles. The molecule has 0 spiro atoms. The molecule has 0 unspecified atom stereocenters. The molecule has 0 aliphatic heterocycles. The van der Waals surface area contributed by atoms with Gasteiger partial charge in [0.25, 0.3) is 5.91 Å². The van der Waals surface area contributed by atoms with Crippen LogP contribution in [0.1, 0.15) is 19.8 Å². The molecule has 0 heterocycles. The van der Waals surface area contributed by atoms with Gasteiger partial charge in [0.15, 0.2) is 6.61 Å². The maximum atomic E-state index is 11.7. The molecule has 0 aromatic heterocycles. The Balaban J connectivity index is 2.31. The minimum Gasteiger partial charge on any atom is -0.466 e. The van der Waals surface area contributed by atoms with Crippen molar-refractivity contribution in [2.45, 2.75) is 25.8 Å². The van der Waals surface area contributed by atoms with Crippen LogP contribution in [0.5, 0.6) is 0 Å². The van der Waals surface area contributed by atoms with Gasteiger partial charge >= 0.3 is 11.9 Å². The van der Waals surface area contributed by atoms with Gasteiger partial charge in [-0.15, -0.1) is 0 Å². The third-order valence-corrected chi connectivity index (χ3v) is 2.54. The average molecular weight is 255 g/mol. The van der Waals surface area contributed by atoms with Gasteiger partial charge in [0, 0.05) is 24.7 Å². The highest BCUT2D eigenvalue weighted by atomic mass is 16.5. The number of carbonyl (C=O) groups excluding carboxylic acids is 3. The molecule has 0 radical (unpaired) electrons. The van der Waals surface area contributed by atoms with E-state index in [1.807, 2.05) is 6.92 Å². The van der Waals surface area contributed by atoms with Gasteiger partial charge in [-0.05, 0) is 19.8 Å². The topological polar surface area (TPSA) is 72.9 Å². The number of ether oxygens (including phenoxy) is 2. The summed E-state index contributed by atoms with van der Waals surface area (Å²) >= 11 is 0. The minimum atomic E-state index is -0.736. The first-order valence-electron chi connectivity index (χ1n) is 5.80. The lowest BCUT2D eigenvalue weighted by atomic mass is 10.4. The molecule has 0 N–H and O–H groups in total. The largest absolute Gasteiger partial charge is 0.466 e. The Labute approximate surface area is 106 Å². The quantitative estimate of drug-likeness (QED) is 0.503.